The number of fused-ring (bicyclic) bond motifs is 1. The van der Waals surface area contributed by atoms with Gasteiger partial charge >= 0.3 is 17.5 Å². The molecular weight excluding hydrogens is 310 g/mol. The van der Waals surface area contributed by atoms with Crippen LogP contribution in [0.1, 0.15) is 13.8 Å². The van der Waals surface area contributed by atoms with Gasteiger partial charge in [-0.15, -0.1) is 0 Å². The minimum Gasteiger partial charge on any atom is -0.478 e. The lowest BCUT2D eigenvalue weighted by atomic mass is 9.90. The van der Waals surface area contributed by atoms with E-state index in [0.717, 1.165) is 0 Å². The van der Waals surface area contributed by atoms with Gasteiger partial charge in [0.1, 0.15) is 11.3 Å². The van der Waals surface area contributed by atoms with Gasteiger partial charge in [-0.2, -0.15) is 0 Å². The van der Waals surface area contributed by atoms with Gasteiger partial charge in [0, 0.05) is 17.5 Å². The zero-order chi connectivity index (χ0) is 16.5. The smallest absolute Gasteiger partial charge is 0.360 e. The Bertz CT molecular complexity index is 730. The zero-order valence-corrected chi connectivity index (χ0v) is 12.7. The summed E-state index contributed by atoms with van der Waals surface area (Å²) in [6.45, 7) is 2.93. The van der Waals surface area contributed by atoms with Crippen molar-refractivity contribution < 1.29 is 24.5 Å². The third-order valence-corrected chi connectivity index (χ3v) is 3.73. The van der Waals surface area contributed by atoms with E-state index in [-0.39, 0.29) is 5.75 Å². The number of hydrogen-bond acceptors (Lipinski definition) is 4. The van der Waals surface area contributed by atoms with Crippen molar-refractivity contribution in [2.75, 3.05) is 0 Å². The number of nitrogens with zero attached hydrogens (tertiary/aromatic N) is 1. The molecule has 0 aliphatic rings. The molecule has 0 radical (unpaired) electrons. The quantitative estimate of drug-likeness (QED) is 0.821. The molecule has 0 saturated heterocycles. The first-order valence-electron chi connectivity index (χ1n) is 6.49. The van der Waals surface area contributed by atoms with Crippen LogP contribution in [0.15, 0.2) is 30.5 Å². The van der Waals surface area contributed by atoms with Gasteiger partial charge in [0.05, 0.1) is 5.02 Å². The Balaban J connectivity index is 2.64. The third-order valence-electron chi connectivity index (χ3n) is 3.40. The van der Waals surface area contributed by atoms with E-state index < -0.39 is 23.5 Å². The molecule has 0 bridgehead atoms. The maximum absolute atomic E-state index is 11.6. The number of halogens is 1. The minimum atomic E-state index is -2.40. The van der Waals surface area contributed by atoms with E-state index in [1.165, 1.54) is 32.2 Å². The summed E-state index contributed by atoms with van der Waals surface area (Å²) in [7, 11) is 0. The number of carboxylic acid groups (broad SMARTS) is 2. The maximum Gasteiger partial charge on any atom is 0.360 e. The molecule has 6 nitrogen and oxygen atoms in total. The van der Waals surface area contributed by atoms with Crippen molar-refractivity contribution in [2.45, 2.75) is 19.4 Å². The molecule has 22 heavy (non-hydrogen) atoms. The van der Waals surface area contributed by atoms with Gasteiger partial charge in [0.25, 0.3) is 0 Å². The number of ether oxygens (including phenoxy) is 1. The molecule has 0 amide bonds. The topological polar surface area (TPSA) is 96.7 Å². The number of pyridine rings is 1. The number of carboxylic acids is 2. The summed E-state index contributed by atoms with van der Waals surface area (Å²) < 4.78 is 5.43. The van der Waals surface area contributed by atoms with E-state index in [2.05, 4.69) is 4.98 Å². The Labute approximate surface area is 131 Å². The average Bonchev–Trinajstić information content (AvgIpc) is 2.46. The largest absolute Gasteiger partial charge is 0.478 e. The van der Waals surface area contributed by atoms with Crippen LogP contribution in [-0.2, 0) is 9.59 Å². The van der Waals surface area contributed by atoms with Crippen LogP contribution in [0.2, 0.25) is 5.02 Å². The van der Waals surface area contributed by atoms with Crippen LogP contribution in [0.4, 0.5) is 0 Å². The van der Waals surface area contributed by atoms with Gasteiger partial charge < -0.3 is 14.9 Å². The number of benzene rings is 1. The van der Waals surface area contributed by atoms with Crippen molar-refractivity contribution >= 4 is 34.4 Å². The number of aromatic nitrogens is 1. The van der Waals surface area contributed by atoms with E-state index >= 15 is 0 Å². The second-order valence-electron chi connectivity index (χ2n) is 5.05. The Kier molecular flexibility index (Phi) is 4.23. The number of carbonyl (C=O) groups is 2. The second kappa shape index (κ2) is 5.81. The lowest BCUT2D eigenvalue weighted by Crippen LogP contribution is -2.56. The molecular formula is C15H14ClNO5. The van der Waals surface area contributed by atoms with Crippen molar-refractivity contribution in [2.24, 2.45) is 5.92 Å². The number of rotatable bonds is 5. The van der Waals surface area contributed by atoms with Crippen LogP contribution in [0.5, 0.6) is 5.75 Å². The monoisotopic (exact) mass is 323 g/mol. The van der Waals surface area contributed by atoms with E-state index in [9.17, 15) is 19.8 Å². The summed E-state index contributed by atoms with van der Waals surface area (Å²) in [6, 6.07) is 6.29. The fourth-order valence-corrected chi connectivity index (χ4v) is 2.37. The molecule has 0 saturated carbocycles. The molecule has 1 heterocycles. The number of hydrogen-bond donors (Lipinski definition) is 2. The first-order valence-corrected chi connectivity index (χ1v) is 6.87. The van der Waals surface area contributed by atoms with Crippen molar-refractivity contribution in [3.05, 3.63) is 35.5 Å². The Hall–Kier alpha value is -2.34. The summed E-state index contributed by atoms with van der Waals surface area (Å²) >= 11 is 6.06. The summed E-state index contributed by atoms with van der Waals surface area (Å²) in [5, 5.41) is 19.8. The predicted octanol–water partition coefficient (Wildman–Crippen LogP) is 2.83. The Morgan fingerprint density at radius 1 is 1.23 bits per heavy atom. The molecule has 2 rings (SSSR count). The van der Waals surface area contributed by atoms with Crippen molar-refractivity contribution in [3.63, 3.8) is 0 Å². The van der Waals surface area contributed by atoms with Crippen LogP contribution in [0, 0.1) is 5.92 Å². The fraction of sp³-hybridized carbons (Fsp3) is 0.267. The highest BCUT2D eigenvalue weighted by Gasteiger charge is 2.53. The van der Waals surface area contributed by atoms with E-state index in [1.54, 1.807) is 12.1 Å². The molecule has 116 valence electrons. The summed E-state index contributed by atoms with van der Waals surface area (Å²) in [5.41, 5.74) is -2.10. The summed E-state index contributed by atoms with van der Waals surface area (Å²) in [5.74, 6) is -3.90. The number of aliphatic carboxylic acids is 2. The van der Waals surface area contributed by atoms with Crippen LogP contribution in [0.25, 0.3) is 10.9 Å². The SMILES string of the molecule is CC(C)C(Oc1ccc(Cl)c2cccnc12)(C(=O)O)C(=O)O. The minimum absolute atomic E-state index is 0.0542. The first-order chi connectivity index (χ1) is 10.3. The first kappa shape index (κ1) is 16.0. The van der Waals surface area contributed by atoms with Gasteiger partial charge in [-0.25, -0.2) is 9.59 Å². The van der Waals surface area contributed by atoms with Crippen molar-refractivity contribution in [1.29, 1.82) is 0 Å². The maximum atomic E-state index is 11.6. The summed E-state index contributed by atoms with van der Waals surface area (Å²) in [6.07, 6.45) is 1.49. The molecule has 0 aliphatic carbocycles. The highest BCUT2D eigenvalue weighted by molar-refractivity contribution is 6.35. The van der Waals surface area contributed by atoms with Gasteiger partial charge in [-0.05, 0) is 24.3 Å². The van der Waals surface area contributed by atoms with Crippen LogP contribution >= 0.6 is 11.6 Å². The highest BCUT2D eigenvalue weighted by atomic mass is 35.5. The van der Waals surface area contributed by atoms with Crippen molar-refractivity contribution in [1.82, 2.24) is 4.98 Å². The van der Waals surface area contributed by atoms with Gasteiger partial charge in [-0.1, -0.05) is 25.4 Å². The Morgan fingerprint density at radius 2 is 1.86 bits per heavy atom. The molecule has 0 atom stereocenters. The lowest BCUT2D eigenvalue weighted by Gasteiger charge is -2.29. The Morgan fingerprint density at radius 3 is 2.41 bits per heavy atom. The van der Waals surface area contributed by atoms with E-state index in [4.69, 9.17) is 16.3 Å². The van der Waals surface area contributed by atoms with Gasteiger partial charge in [0.15, 0.2) is 0 Å². The fourth-order valence-electron chi connectivity index (χ4n) is 2.16. The molecule has 0 spiro atoms. The van der Waals surface area contributed by atoms with Crippen LogP contribution in [0.3, 0.4) is 0 Å². The highest BCUT2D eigenvalue weighted by Crippen LogP contribution is 2.34. The molecule has 0 fully saturated rings. The lowest BCUT2D eigenvalue weighted by molar-refractivity contribution is -0.176. The molecule has 2 N–H and O–H groups in total. The van der Waals surface area contributed by atoms with Gasteiger partial charge in [0.2, 0.25) is 0 Å². The summed E-state index contributed by atoms with van der Waals surface area (Å²) in [4.78, 5) is 27.2. The normalized spacial score (nSPS) is 11.6. The molecule has 1 aromatic heterocycles. The zero-order valence-electron chi connectivity index (χ0n) is 11.9. The third kappa shape index (κ3) is 2.46. The standard InChI is InChI=1S/C15H14ClNO5/c1-8(2)15(13(18)19,14(20)21)22-11-6-5-10(16)9-4-3-7-17-12(9)11/h3-8H,1-2H3,(H,18,19)(H,20,21). The predicted molar refractivity (Wildman–Crippen MR) is 80.2 cm³/mol. The van der Waals surface area contributed by atoms with E-state index in [1.807, 2.05) is 0 Å². The molecule has 1 aromatic carbocycles. The molecule has 0 aliphatic heterocycles. The molecule has 7 heteroatoms. The van der Waals surface area contributed by atoms with Crippen LogP contribution in [-0.4, -0.2) is 32.7 Å². The van der Waals surface area contributed by atoms with Crippen molar-refractivity contribution in [3.8, 4) is 5.75 Å². The van der Waals surface area contributed by atoms with E-state index in [0.29, 0.717) is 15.9 Å². The molecule has 0 unspecified atom stereocenters. The van der Waals surface area contributed by atoms with Crippen LogP contribution < -0.4 is 4.74 Å². The van der Waals surface area contributed by atoms with Gasteiger partial charge in [-0.3, -0.25) is 4.98 Å². The second-order valence-corrected chi connectivity index (χ2v) is 5.46. The molecule has 2 aromatic rings. The average molecular weight is 324 g/mol.